The van der Waals surface area contributed by atoms with Gasteiger partial charge in [-0.1, -0.05) is 0 Å². The smallest absolute Gasteiger partial charge is 0.309 e. The molecule has 0 rings (SSSR count). The van der Waals surface area contributed by atoms with Crippen LogP contribution in [0.5, 0.6) is 0 Å². The van der Waals surface area contributed by atoms with Gasteiger partial charge in [0, 0.05) is 6.42 Å². The first-order valence-corrected chi connectivity index (χ1v) is 6.06. The van der Waals surface area contributed by atoms with E-state index >= 15 is 0 Å². The van der Waals surface area contributed by atoms with Crippen molar-refractivity contribution in [3.8, 4) is 6.07 Å². The van der Waals surface area contributed by atoms with Gasteiger partial charge in [-0.3, -0.25) is 4.57 Å². The summed E-state index contributed by atoms with van der Waals surface area (Å²) in [4.78, 5) is 0. The minimum Gasteiger partial charge on any atom is -0.309 e. The minimum atomic E-state index is -3.01. The van der Waals surface area contributed by atoms with Crippen molar-refractivity contribution in [2.45, 2.75) is 33.3 Å². The first-order valence-electron chi connectivity index (χ1n) is 4.33. The van der Waals surface area contributed by atoms with Crippen LogP contribution >= 0.6 is 7.60 Å². The molecule has 0 aromatic heterocycles. The minimum absolute atomic E-state index is 0.143. The lowest BCUT2D eigenvalue weighted by Gasteiger charge is -2.18. The predicted octanol–water partition coefficient (Wildman–Crippen LogP) is 2.55. The molecule has 0 saturated carbocycles. The highest BCUT2D eigenvalue weighted by Crippen LogP contribution is 2.49. The monoisotopic (exact) mass is 205 g/mol. The Morgan fingerprint density at radius 1 is 1.54 bits per heavy atom. The molecule has 4 nitrogen and oxygen atoms in total. The molecule has 0 aromatic carbocycles. The van der Waals surface area contributed by atoms with Gasteiger partial charge >= 0.3 is 7.60 Å². The summed E-state index contributed by atoms with van der Waals surface area (Å²) in [6.07, 6.45) is 0.232. The molecule has 1 unspecified atom stereocenters. The first kappa shape index (κ1) is 12.6. The Morgan fingerprint density at radius 2 is 2.15 bits per heavy atom. The lowest BCUT2D eigenvalue weighted by Crippen LogP contribution is -2.06. The summed E-state index contributed by atoms with van der Waals surface area (Å²) in [5.41, 5.74) is 0. The molecule has 0 aliphatic heterocycles. The van der Waals surface area contributed by atoms with Gasteiger partial charge in [0.05, 0.1) is 24.9 Å². The Labute approximate surface area is 79.4 Å². The molecule has 0 heterocycles. The molecule has 0 bridgehead atoms. The standard InChI is InChI=1S/C8H16NO3P/c1-4-11-13(10,7-5-6-9)12-8(2)3/h8H,4-5,7H2,1-3H3. The largest absolute Gasteiger partial charge is 0.331 e. The maximum absolute atomic E-state index is 11.8. The lowest BCUT2D eigenvalue weighted by atomic mass is 10.5. The summed E-state index contributed by atoms with van der Waals surface area (Å²) in [5.74, 6) is 0. The first-order chi connectivity index (χ1) is 6.04. The quantitative estimate of drug-likeness (QED) is 0.625. The maximum Gasteiger partial charge on any atom is 0.331 e. The number of nitriles is 1. The molecule has 5 heteroatoms. The average molecular weight is 205 g/mol. The molecular weight excluding hydrogens is 189 g/mol. The Kier molecular flexibility index (Phi) is 5.98. The molecule has 76 valence electrons. The van der Waals surface area contributed by atoms with Crippen LogP contribution in [0.1, 0.15) is 27.2 Å². The highest BCUT2D eigenvalue weighted by molar-refractivity contribution is 7.53. The van der Waals surface area contributed by atoms with E-state index < -0.39 is 7.60 Å². The van der Waals surface area contributed by atoms with Crippen molar-refractivity contribution in [2.75, 3.05) is 12.8 Å². The third kappa shape index (κ3) is 5.81. The van der Waals surface area contributed by atoms with Gasteiger partial charge in [0.2, 0.25) is 0 Å². The highest BCUT2D eigenvalue weighted by Gasteiger charge is 2.24. The van der Waals surface area contributed by atoms with Gasteiger partial charge in [-0.2, -0.15) is 5.26 Å². The molecule has 0 aliphatic carbocycles. The summed E-state index contributed by atoms with van der Waals surface area (Å²) in [6.45, 7) is 5.67. The van der Waals surface area contributed by atoms with Gasteiger partial charge < -0.3 is 9.05 Å². The van der Waals surface area contributed by atoms with Gasteiger partial charge in [0.15, 0.2) is 0 Å². The van der Waals surface area contributed by atoms with Crippen molar-refractivity contribution < 1.29 is 13.6 Å². The molecule has 0 N–H and O–H groups in total. The van der Waals surface area contributed by atoms with E-state index in [1.165, 1.54) is 0 Å². The van der Waals surface area contributed by atoms with Gasteiger partial charge in [-0.05, 0) is 20.8 Å². The predicted molar refractivity (Wildman–Crippen MR) is 50.6 cm³/mol. The van der Waals surface area contributed by atoms with Crippen molar-refractivity contribution in [2.24, 2.45) is 0 Å². The van der Waals surface area contributed by atoms with Gasteiger partial charge in [0.25, 0.3) is 0 Å². The van der Waals surface area contributed by atoms with Crippen LogP contribution in [0.2, 0.25) is 0 Å². The van der Waals surface area contributed by atoms with E-state index in [0.29, 0.717) is 6.61 Å². The number of rotatable bonds is 6. The summed E-state index contributed by atoms with van der Waals surface area (Å²) in [7, 11) is -3.01. The fourth-order valence-corrected chi connectivity index (χ4v) is 2.56. The van der Waals surface area contributed by atoms with Crippen LogP contribution in [0.25, 0.3) is 0 Å². The fraction of sp³-hybridized carbons (Fsp3) is 0.875. The topological polar surface area (TPSA) is 59.3 Å². The molecule has 1 atom stereocenters. The van der Waals surface area contributed by atoms with Crippen LogP contribution in [-0.4, -0.2) is 18.9 Å². The van der Waals surface area contributed by atoms with E-state index in [2.05, 4.69) is 0 Å². The van der Waals surface area contributed by atoms with Crippen LogP contribution < -0.4 is 0 Å². The van der Waals surface area contributed by atoms with Crippen LogP contribution in [0, 0.1) is 11.3 Å². The van der Waals surface area contributed by atoms with Crippen molar-refractivity contribution >= 4 is 7.60 Å². The number of hydrogen-bond donors (Lipinski definition) is 0. The molecule has 0 aliphatic rings. The molecule has 0 fully saturated rings. The van der Waals surface area contributed by atoms with E-state index in [0.717, 1.165) is 0 Å². The Balaban J connectivity index is 4.18. The SMILES string of the molecule is CCOP(=O)(CCC#N)OC(C)C. The highest BCUT2D eigenvalue weighted by atomic mass is 31.2. The van der Waals surface area contributed by atoms with Crippen molar-refractivity contribution in [1.29, 1.82) is 5.26 Å². The maximum atomic E-state index is 11.8. The van der Waals surface area contributed by atoms with Crippen molar-refractivity contribution in [3.63, 3.8) is 0 Å². The van der Waals surface area contributed by atoms with Gasteiger partial charge in [0.1, 0.15) is 0 Å². The summed E-state index contributed by atoms with van der Waals surface area (Å²) in [5, 5.41) is 8.35. The van der Waals surface area contributed by atoms with Crippen LogP contribution in [0.3, 0.4) is 0 Å². The normalized spacial score (nSPS) is 15.3. The van der Waals surface area contributed by atoms with Crippen molar-refractivity contribution in [1.82, 2.24) is 0 Å². The number of nitrogens with zero attached hydrogens (tertiary/aromatic N) is 1. The average Bonchev–Trinajstić information content (AvgIpc) is 2.00. The molecule has 0 spiro atoms. The fourth-order valence-electron chi connectivity index (χ4n) is 0.853. The second-order valence-corrected chi connectivity index (χ2v) is 4.95. The summed E-state index contributed by atoms with van der Waals surface area (Å²) in [6, 6.07) is 1.92. The van der Waals surface area contributed by atoms with E-state index in [4.69, 9.17) is 14.3 Å². The summed E-state index contributed by atoms with van der Waals surface area (Å²) < 4.78 is 22.0. The third-order valence-corrected chi connectivity index (χ3v) is 3.36. The van der Waals surface area contributed by atoms with Crippen molar-refractivity contribution in [3.05, 3.63) is 0 Å². The summed E-state index contributed by atoms with van der Waals surface area (Å²) >= 11 is 0. The van der Waals surface area contributed by atoms with E-state index in [-0.39, 0.29) is 18.7 Å². The molecule has 0 aromatic rings. The van der Waals surface area contributed by atoms with E-state index in [9.17, 15) is 4.57 Å². The van der Waals surface area contributed by atoms with Gasteiger partial charge in [-0.15, -0.1) is 0 Å². The molecule has 0 amide bonds. The van der Waals surface area contributed by atoms with E-state index in [1.54, 1.807) is 20.8 Å². The zero-order valence-electron chi connectivity index (χ0n) is 8.32. The zero-order valence-corrected chi connectivity index (χ0v) is 9.21. The Morgan fingerprint density at radius 3 is 2.54 bits per heavy atom. The second-order valence-electron chi connectivity index (χ2n) is 2.81. The molecule has 0 saturated heterocycles. The second kappa shape index (κ2) is 6.15. The lowest BCUT2D eigenvalue weighted by molar-refractivity contribution is 0.173. The van der Waals surface area contributed by atoms with Crippen LogP contribution in [0.15, 0.2) is 0 Å². The molecule has 0 radical (unpaired) electrons. The number of hydrogen-bond acceptors (Lipinski definition) is 4. The van der Waals surface area contributed by atoms with Crippen LogP contribution in [-0.2, 0) is 13.6 Å². The zero-order chi connectivity index (χ0) is 10.3. The molecular formula is C8H16NO3P. The van der Waals surface area contributed by atoms with E-state index in [1.807, 2.05) is 6.07 Å². The third-order valence-electron chi connectivity index (χ3n) is 1.19. The Bertz CT molecular complexity index is 222. The Hall–Kier alpha value is -0.360. The van der Waals surface area contributed by atoms with Crippen LogP contribution in [0.4, 0.5) is 0 Å². The molecule has 13 heavy (non-hydrogen) atoms. The van der Waals surface area contributed by atoms with Gasteiger partial charge in [-0.25, -0.2) is 0 Å².